The highest BCUT2D eigenvalue weighted by Gasteiger charge is 2.18. The number of rotatable bonds is 4. The minimum absolute atomic E-state index is 0.201. The molecule has 3 N–H and O–H groups in total. The van der Waals surface area contributed by atoms with Crippen LogP contribution >= 0.6 is 0 Å². The molecule has 102 valence electrons. The van der Waals surface area contributed by atoms with E-state index in [-0.39, 0.29) is 6.04 Å². The summed E-state index contributed by atoms with van der Waals surface area (Å²) in [6.07, 6.45) is 5.40. The molecule has 0 aliphatic carbocycles. The second kappa shape index (κ2) is 5.24. The second-order valence-corrected chi connectivity index (χ2v) is 4.44. The summed E-state index contributed by atoms with van der Waals surface area (Å²) in [5.41, 5.74) is 5.59. The van der Waals surface area contributed by atoms with Gasteiger partial charge in [0.25, 0.3) is 0 Å². The van der Waals surface area contributed by atoms with E-state index in [2.05, 4.69) is 20.8 Å². The third-order valence-corrected chi connectivity index (χ3v) is 3.17. The third-order valence-electron chi connectivity index (χ3n) is 3.17. The highest BCUT2D eigenvalue weighted by Crippen LogP contribution is 2.20. The van der Waals surface area contributed by atoms with Crippen LogP contribution in [0.25, 0.3) is 5.69 Å². The minimum Gasteiger partial charge on any atom is -0.271 e. The van der Waals surface area contributed by atoms with Crippen LogP contribution in [0.1, 0.15) is 17.3 Å². The fourth-order valence-corrected chi connectivity index (χ4v) is 2.12. The van der Waals surface area contributed by atoms with Crippen molar-refractivity contribution in [3.05, 3.63) is 60.2 Å². The van der Waals surface area contributed by atoms with Gasteiger partial charge in [0.05, 0.1) is 29.8 Å². The molecule has 1 unspecified atom stereocenters. The lowest BCUT2D eigenvalue weighted by Gasteiger charge is -2.13. The van der Waals surface area contributed by atoms with Gasteiger partial charge in [0.15, 0.2) is 0 Å². The van der Waals surface area contributed by atoms with Crippen LogP contribution < -0.4 is 11.3 Å². The van der Waals surface area contributed by atoms with Gasteiger partial charge in [-0.15, -0.1) is 5.10 Å². The first-order valence-corrected chi connectivity index (χ1v) is 6.20. The number of aromatic nitrogens is 5. The van der Waals surface area contributed by atoms with Gasteiger partial charge >= 0.3 is 0 Å². The van der Waals surface area contributed by atoms with Crippen molar-refractivity contribution in [2.24, 2.45) is 12.9 Å². The van der Waals surface area contributed by atoms with E-state index < -0.39 is 0 Å². The molecule has 2 heterocycles. The van der Waals surface area contributed by atoms with Gasteiger partial charge in [0.2, 0.25) is 0 Å². The quantitative estimate of drug-likeness (QED) is 0.533. The van der Waals surface area contributed by atoms with E-state index in [1.807, 2.05) is 48.3 Å². The maximum absolute atomic E-state index is 5.66. The van der Waals surface area contributed by atoms with Crippen LogP contribution in [0.4, 0.5) is 0 Å². The number of aryl methyl sites for hydroxylation is 1. The van der Waals surface area contributed by atoms with E-state index in [4.69, 9.17) is 5.84 Å². The maximum Gasteiger partial charge on any atom is 0.0925 e. The highest BCUT2D eigenvalue weighted by atomic mass is 15.4. The van der Waals surface area contributed by atoms with Crippen molar-refractivity contribution in [2.45, 2.75) is 6.04 Å². The Balaban J connectivity index is 1.95. The van der Waals surface area contributed by atoms with Crippen LogP contribution in [0.2, 0.25) is 0 Å². The predicted molar refractivity (Wildman–Crippen MR) is 73.7 cm³/mol. The molecular weight excluding hydrogens is 254 g/mol. The van der Waals surface area contributed by atoms with Crippen LogP contribution in [0, 0.1) is 0 Å². The van der Waals surface area contributed by atoms with Crippen LogP contribution in [0.15, 0.2) is 48.9 Å². The minimum atomic E-state index is -0.201. The molecule has 3 aromatic rings. The van der Waals surface area contributed by atoms with Crippen molar-refractivity contribution >= 4 is 0 Å². The average molecular weight is 269 g/mol. The molecule has 7 nitrogen and oxygen atoms in total. The first-order chi connectivity index (χ1) is 9.79. The summed E-state index contributed by atoms with van der Waals surface area (Å²) in [5.74, 6) is 5.66. The molecule has 3 rings (SSSR count). The highest BCUT2D eigenvalue weighted by molar-refractivity contribution is 5.32. The van der Waals surface area contributed by atoms with Crippen LogP contribution in [-0.4, -0.2) is 24.8 Å². The van der Waals surface area contributed by atoms with Crippen molar-refractivity contribution in [1.29, 1.82) is 0 Å². The summed E-state index contributed by atoms with van der Waals surface area (Å²) in [7, 11) is 1.83. The Kier molecular flexibility index (Phi) is 3.28. The van der Waals surface area contributed by atoms with E-state index in [9.17, 15) is 0 Å². The smallest absolute Gasteiger partial charge is 0.0925 e. The van der Waals surface area contributed by atoms with E-state index in [0.29, 0.717) is 0 Å². The molecule has 0 aliphatic heterocycles. The summed E-state index contributed by atoms with van der Waals surface area (Å²) in [6.45, 7) is 0. The van der Waals surface area contributed by atoms with Gasteiger partial charge in [-0.25, -0.2) is 10.1 Å². The Morgan fingerprint density at radius 3 is 2.65 bits per heavy atom. The van der Waals surface area contributed by atoms with Gasteiger partial charge in [-0.2, -0.15) is 5.10 Å². The topological polar surface area (TPSA) is 86.6 Å². The Hall–Kier alpha value is -2.51. The molecule has 0 radical (unpaired) electrons. The summed E-state index contributed by atoms with van der Waals surface area (Å²) in [5, 5.41) is 12.2. The number of nitrogens with one attached hydrogen (secondary N) is 1. The molecule has 0 saturated heterocycles. The first-order valence-electron chi connectivity index (χ1n) is 6.20. The zero-order valence-corrected chi connectivity index (χ0v) is 11.0. The Labute approximate surface area is 116 Å². The summed E-state index contributed by atoms with van der Waals surface area (Å²) in [6, 6.07) is 9.70. The lowest BCUT2D eigenvalue weighted by Crippen LogP contribution is -2.30. The molecule has 0 amide bonds. The number of hydrogen-bond acceptors (Lipinski definition) is 5. The molecule has 7 heteroatoms. The molecule has 0 spiro atoms. The molecule has 0 fully saturated rings. The molecule has 1 atom stereocenters. The number of benzene rings is 1. The van der Waals surface area contributed by atoms with Crippen molar-refractivity contribution in [2.75, 3.05) is 0 Å². The van der Waals surface area contributed by atoms with E-state index in [1.54, 1.807) is 17.1 Å². The van der Waals surface area contributed by atoms with E-state index in [1.165, 1.54) is 0 Å². The van der Waals surface area contributed by atoms with Crippen molar-refractivity contribution in [3.63, 3.8) is 0 Å². The van der Waals surface area contributed by atoms with Gasteiger partial charge < -0.3 is 0 Å². The largest absolute Gasteiger partial charge is 0.271 e. The monoisotopic (exact) mass is 269 g/mol. The Morgan fingerprint density at radius 2 is 2.00 bits per heavy atom. The fraction of sp³-hybridized carbons (Fsp3) is 0.154. The van der Waals surface area contributed by atoms with Crippen LogP contribution in [0.3, 0.4) is 0 Å². The van der Waals surface area contributed by atoms with E-state index >= 15 is 0 Å². The molecule has 2 aromatic heterocycles. The van der Waals surface area contributed by atoms with Gasteiger partial charge in [0, 0.05) is 18.8 Å². The Bertz CT molecular complexity index is 686. The molecule has 0 aliphatic rings. The predicted octanol–water partition coefficient (Wildman–Crippen LogP) is 0.553. The van der Waals surface area contributed by atoms with Crippen molar-refractivity contribution in [1.82, 2.24) is 30.2 Å². The number of para-hydroxylation sites is 1. The SMILES string of the molecule is Cn1nncc1C(NN)c1cnn(-c2ccccc2)c1. The zero-order chi connectivity index (χ0) is 13.9. The van der Waals surface area contributed by atoms with Crippen molar-refractivity contribution in [3.8, 4) is 5.69 Å². The zero-order valence-electron chi connectivity index (χ0n) is 11.0. The number of hydrazine groups is 1. The molecular formula is C13H15N7. The summed E-state index contributed by atoms with van der Waals surface area (Å²) >= 11 is 0. The Morgan fingerprint density at radius 1 is 1.20 bits per heavy atom. The first kappa shape index (κ1) is 12.5. The van der Waals surface area contributed by atoms with Crippen LogP contribution in [0.5, 0.6) is 0 Å². The lowest BCUT2D eigenvalue weighted by molar-refractivity contribution is 0.570. The lowest BCUT2D eigenvalue weighted by atomic mass is 10.1. The average Bonchev–Trinajstić information content (AvgIpc) is 3.12. The van der Waals surface area contributed by atoms with Gasteiger partial charge in [0.1, 0.15) is 0 Å². The normalized spacial score (nSPS) is 12.5. The molecule has 0 saturated carbocycles. The molecule has 20 heavy (non-hydrogen) atoms. The maximum atomic E-state index is 5.66. The van der Waals surface area contributed by atoms with E-state index in [0.717, 1.165) is 16.9 Å². The van der Waals surface area contributed by atoms with Gasteiger partial charge in [-0.3, -0.25) is 10.5 Å². The number of hydrogen-bond donors (Lipinski definition) is 2. The van der Waals surface area contributed by atoms with Crippen molar-refractivity contribution < 1.29 is 0 Å². The van der Waals surface area contributed by atoms with Gasteiger partial charge in [-0.1, -0.05) is 23.4 Å². The summed E-state index contributed by atoms with van der Waals surface area (Å²) < 4.78 is 3.49. The van der Waals surface area contributed by atoms with Gasteiger partial charge in [-0.05, 0) is 12.1 Å². The van der Waals surface area contributed by atoms with Crippen LogP contribution in [-0.2, 0) is 7.05 Å². The second-order valence-electron chi connectivity index (χ2n) is 4.44. The molecule has 0 bridgehead atoms. The number of nitrogens with zero attached hydrogens (tertiary/aromatic N) is 5. The molecule has 1 aromatic carbocycles. The fourth-order valence-electron chi connectivity index (χ4n) is 2.12. The number of nitrogens with two attached hydrogens (primary N) is 1. The third kappa shape index (κ3) is 2.20. The standard InChI is InChI=1S/C13H15N7/c1-19-12(8-15-18-19)13(17-14)10-7-16-20(9-10)11-5-3-2-4-6-11/h2-9,13,17H,14H2,1H3. The summed E-state index contributed by atoms with van der Waals surface area (Å²) in [4.78, 5) is 0.